The fourth-order valence-corrected chi connectivity index (χ4v) is 8.12. The monoisotopic (exact) mass is 909 g/mol. The number of aliphatic hydroxyl groups is 1. The Hall–Kier alpha value is -1.38. The van der Waals surface area contributed by atoms with E-state index in [4.69, 9.17) is 32.2 Å². The number of nitrogens with zero attached hydrogens (tertiary/aromatic N) is 1. The molecule has 0 heterocycles. The maximum atomic E-state index is 14.8. The van der Waals surface area contributed by atoms with Crippen LogP contribution in [0.15, 0.2) is 0 Å². The molecule has 0 aliphatic rings. The first-order valence-corrected chi connectivity index (χ1v) is 19.0. The fraction of sp³-hybridized carbons (Fsp3) is 1.00. The van der Waals surface area contributed by atoms with Gasteiger partial charge in [0, 0.05) is 47.1 Å². The van der Waals surface area contributed by atoms with Gasteiger partial charge in [0.05, 0.1) is 52.4 Å². The molecular formula is C26H40F17NO10SSi. The van der Waals surface area contributed by atoms with E-state index in [-0.39, 0.29) is 52.1 Å². The first kappa shape index (κ1) is 54.6. The van der Waals surface area contributed by atoms with Crippen LogP contribution >= 0.6 is 0 Å². The highest BCUT2D eigenvalue weighted by atomic mass is 32.2. The van der Waals surface area contributed by atoms with Gasteiger partial charge in [-0.15, -0.1) is 0 Å². The number of hydrogen-bond acceptors (Lipinski definition) is 10. The molecule has 11 nitrogen and oxygen atoms in total. The molecule has 0 aliphatic heterocycles. The van der Waals surface area contributed by atoms with Crippen molar-refractivity contribution >= 4 is 18.8 Å². The van der Waals surface area contributed by atoms with Crippen LogP contribution in [0.2, 0.25) is 6.04 Å². The van der Waals surface area contributed by atoms with Crippen LogP contribution < -0.4 is 0 Å². The maximum Gasteiger partial charge on any atom is 0.501 e. The lowest BCUT2D eigenvalue weighted by Crippen LogP contribution is -2.75. The molecule has 1 unspecified atom stereocenters. The highest BCUT2D eigenvalue weighted by Crippen LogP contribution is 2.64. The van der Waals surface area contributed by atoms with Crippen molar-refractivity contribution in [2.75, 3.05) is 87.3 Å². The third kappa shape index (κ3) is 11.5. The Morgan fingerprint density at radius 1 is 0.589 bits per heavy atom. The molecule has 1 N–H and O–H groups in total. The number of alkyl halides is 17. The van der Waals surface area contributed by atoms with Crippen LogP contribution in [0.1, 0.15) is 19.8 Å². The van der Waals surface area contributed by atoms with E-state index in [0.717, 1.165) is 6.92 Å². The number of ether oxygens (including phenoxy) is 4. The number of aliphatic hydroxyl groups excluding tert-OH is 1. The van der Waals surface area contributed by atoms with Crippen LogP contribution in [0.3, 0.4) is 0 Å². The summed E-state index contributed by atoms with van der Waals surface area (Å²) >= 11 is 0. The van der Waals surface area contributed by atoms with Gasteiger partial charge in [-0.2, -0.15) is 78.9 Å². The molecule has 0 aromatic heterocycles. The molecule has 1 atom stereocenters. The minimum atomic E-state index is -8.96. The average Bonchev–Trinajstić information content (AvgIpc) is 3.07. The zero-order valence-corrected chi connectivity index (χ0v) is 31.5. The maximum absolute atomic E-state index is 14.8. The second-order valence-electron chi connectivity index (χ2n) is 11.4. The summed E-state index contributed by atoms with van der Waals surface area (Å²) < 4.78 is 295. The van der Waals surface area contributed by atoms with Crippen LogP contribution in [0.5, 0.6) is 0 Å². The number of methoxy groups -OCH3 is 3. The summed E-state index contributed by atoms with van der Waals surface area (Å²) in [5.74, 6) is -52.3. The molecule has 0 fully saturated rings. The summed E-state index contributed by atoms with van der Waals surface area (Å²) in [7, 11) is -7.08. The smallest absolute Gasteiger partial charge is 0.389 e. The van der Waals surface area contributed by atoms with Gasteiger partial charge in [0.2, 0.25) is 0 Å². The lowest BCUT2D eigenvalue weighted by molar-refractivity contribution is -0.458. The zero-order valence-electron chi connectivity index (χ0n) is 29.7. The second-order valence-corrected chi connectivity index (χ2v) is 16.1. The van der Waals surface area contributed by atoms with Crippen molar-refractivity contribution < 1.29 is 120 Å². The van der Waals surface area contributed by atoms with Crippen LogP contribution in [-0.2, 0) is 42.2 Å². The molecule has 0 saturated carbocycles. The number of halogens is 17. The molecule has 0 aromatic rings. The van der Waals surface area contributed by atoms with Gasteiger partial charge in [0.25, 0.3) is 10.0 Å². The Labute approximate surface area is 310 Å². The molecule has 0 bridgehead atoms. The van der Waals surface area contributed by atoms with E-state index in [2.05, 4.69) is 0 Å². The van der Waals surface area contributed by atoms with Crippen LogP contribution in [-0.4, -0.2) is 167 Å². The summed E-state index contributed by atoms with van der Waals surface area (Å²) in [6, 6.07) is -0.0322. The van der Waals surface area contributed by atoms with Crippen molar-refractivity contribution in [3.05, 3.63) is 0 Å². The van der Waals surface area contributed by atoms with E-state index in [1.54, 1.807) is 0 Å². The minimum absolute atomic E-state index is 0.0276. The molecule has 0 spiro atoms. The van der Waals surface area contributed by atoms with Gasteiger partial charge in [-0.05, 0) is 12.8 Å². The van der Waals surface area contributed by atoms with Gasteiger partial charge in [0.15, 0.2) is 0 Å². The Balaban J connectivity index is 6.25. The van der Waals surface area contributed by atoms with Crippen LogP contribution in [0.25, 0.3) is 0 Å². The second kappa shape index (κ2) is 20.7. The largest absolute Gasteiger partial charge is 0.501 e. The minimum Gasteiger partial charge on any atom is -0.389 e. The van der Waals surface area contributed by atoms with Gasteiger partial charge < -0.3 is 37.3 Å². The Bertz CT molecular complexity index is 1260. The molecular weight excluding hydrogens is 869 g/mol. The molecule has 56 heavy (non-hydrogen) atoms. The summed E-state index contributed by atoms with van der Waals surface area (Å²) in [6.07, 6.45) is -11.0. The van der Waals surface area contributed by atoms with Gasteiger partial charge in [-0.25, -0.2) is 8.42 Å². The van der Waals surface area contributed by atoms with E-state index in [1.807, 2.05) is 0 Å². The van der Waals surface area contributed by atoms with Crippen LogP contribution in [0.4, 0.5) is 74.6 Å². The predicted octanol–water partition coefficient (Wildman–Crippen LogP) is 5.69. The fourth-order valence-electron chi connectivity index (χ4n) is 4.11. The zero-order chi connectivity index (χ0) is 44.3. The van der Waals surface area contributed by atoms with E-state index in [1.165, 1.54) is 21.3 Å². The van der Waals surface area contributed by atoms with Crippen molar-refractivity contribution in [3.63, 3.8) is 0 Å². The third-order valence-electron chi connectivity index (χ3n) is 7.15. The Kier molecular flexibility index (Phi) is 20.2. The summed E-state index contributed by atoms with van der Waals surface area (Å²) in [6.45, 7) is -3.60. The van der Waals surface area contributed by atoms with Crippen molar-refractivity contribution in [1.82, 2.24) is 4.31 Å². The summed E-state index contributed by atoms with van der Waals surface area (Å²) in [5, 5.41) is 2.46. The molecule has 30 heteroatoms. The van der Waals surface area contributed by atoms with Gasteiger partial charge in [0.1, 0.15) is 0 Å². The van der Waals surface area contributed by atoms with E-state index >= 15 is 0 Å². The Morgan fingerprint density at radius 2 is 0.964 bits per heavy atom. The lowest BCUT2D eigenvalue weighted by Gasteiger charge is -2.43. The summed E-state index contributed by atoms with van der Waals surface area (Å²) in [4.78, 5) is 0. The molecule has 0 saturated heterocycles. The first-order chi connectivity index (χ1) is 25.2. The predicted molar refractivity (Wildman–Crippen MR) is 157 cm³/mol. The van der Waals surface area contributed by atoms with E-state index in [0.29, 0.717) is 0 Å². The number of sulfonamides is 1. The average molecular weight is 910 g/mol. The lowest BCUT2D eigenvalue weighted by atomic mass is 9.91. The van der Waals surface area contributed by atoms with Crippen LogP contribution in [0, 0.1) is 0 Å². The van der Waals surface area contributed by atoms with Gasteiger partial charge >= 0.3 is 55.8 Å². The standard InChI is InChI=1S/C26H40F17NO10SSi/c1-5-7-44(16-18(45)17-51-8-6-15-56(52-12-9-48-2,53-13-10-49-3)54-14-11-50-4)55(46,47)26(42,43)24(37,38)22(33,34)20(29,30)19(27,28)21(31,32)23(35,36)25(39,40)41/h18,45H,5-17H2,1-4H3. The summed E-state index contributed by atoms with van der Waals surface area (Å²) in [5.41, 5.74) is 0. The van der Waals surface area contributed by atoms with Crippen molar-refractivity contribution in [2.45, 2.75) is 78.9 Å². The number of rotatable bonds is 30. The van der Waals surface area contributed by atoms with Crippen molar-refractivity contribution in [1.29, 1.82) is 0 Å². The Morgan fingerprint density at radius 3 is 1.32 bits per heavy atom. The SMILES string of the molecule is CCCN(CC(O)COCCC[Si](OCCOC)(OCCOC)OCCOC)S(=O)(=O)C(F)(F)C(F)(F)C(F)(F)C(F)(F)C(F)(F)C(F)(F)C(F)(F)C(F)(F)F. The molecule has 0 aliphatic carbocycles. The highest BCUT2D eigenvalue weighted by Gasteiger charge is 2.96. The van der Waals surface area contributed by atoms with Crippen molar-refractivity contribution in [3.8, 4) is 0 Å². The van der Waals surface area contributed by atoms with Gasteiger partial charge in [-0.3, -0.25) is 0 Å². The third-order valence-corrected chi connectivity index (χ3v) is 12.0. The normalized spacial score (nSPS) is 15.6. The first-order valence-electron chi connectivity index (χ1n) is 15.6. The number of hydrogen-bond donors (Lipinski definition) is 1. The molecule has 0 radical (unpaired) electrons. The molecule has 0 amide bonds. The molecule has 0 rings (SSSR count). The topological polar surface area (TPSA) is 122 Å². The molecule has 0 aromatic carbocycles. The van der Waals surface area contributed by atoms with Gasteiger partial charge in [-0.1, -0.05) is 6.92 Å². The van der Waals surface area contributed by atoms with Crippen molar-refractivity contribution in [2.24, 2.45) is 0 Å². The van der Waals surface area contributed by atoms with E-state index < -0.39 is 109 Å². The quantitative estimate of drug-likeness (QED) is 0.0547. The molecule has 338 valence electrons. The highest BCUT2D eigenvalue weighted by molar-refractivity contribution is 7.90. The van der Waals surface area contributed by atoms with E-state index in [9.17, 15) is 88.2 Å².